The zero-order chi connectivity index (χ0) is 16.9. The molecule has 1 aliphatic carbocycles. The highest BCUT2D eigenvalue weighted by Gasteiger charge is 2.25. The molecule has 0 bridgehead atoms. The van der Waals surface area contributed by atoms with E-state index in [9.17, 15) is 9.90 Å². The quantitative estimate of drug-likeness (QED) is 0.800. The number of carbonyl (C=O) groups excluding carboxylic acids is 1. The molecule has 7 heteroatoms. The van der Waals surface area contributed by atoms with Gasteiger partial charge in [-0.2, -0.15) is 0 Å². The van der Waals surface area contributed by atoms with E-state index in [1.165, 1.54) is 6.39 Å². The molecule has 1 aliphatic rings. The topological polar surface area (TPSA) is 100 Å². The molecule has 1 heterocycles. The van der Waals surface area contributed by atoms with E-state index in [-0.39, 0.29) is 24.6 Å². The van der Waals surface area contributed by atoms with Crippen LogP contribution in [0, 0.1) is 12.8 Å². The molecule has 3 rings (SSSR count). The fraction of sp³-hybridized carbons (Fsp3) is 0.471. The predicted octanol–water partition coefficient (Wildman–Crippen LogP) is 2.72. The largest absolute Gasteiger partial charge is 0.423 e. The first-order valence-electron chi connectivity index (χ1n) is 8.23. The van der Waals surface area contributed by atoms with E-state index in [4.69, 9.17) is 4.42 Å². The Kier molecular flexibility index (Phi) is 5.10. The molecule has 1 aromatic carbocycles. The molecule has 24 heavy (non-hydrogen) atoms. The minimum atomic E-state index is -0.258. The van der Waals surface area contributed by atoms with Crippen LogP contribution in [0.1, 0.15) is 31.2 Å². The van der Waals surface area contributed by atoms with Crippen LogP contribution in [0.2, 0.25) is 0 Å². The number of aliphatic hydroxyl groups excluding tert-OH is 1. The third-order valence-electron chi connectivity index (χ3n) is 4.55. The lowest BCUT2D eigenvalue weighted by Crippen LogP contribution is -2.45. The van der Waals surface area contributed by atoms with Gasteiger partial charge < -0.3 is 20.2 Å². The lowest BCUT2D eigenvalue weighted by Gasteiger charge is -2.30. The molecular weight excluding hydrogens is 308 g/mol. The van der Waals surface area contributed by atoms with Crippen molar-refractivity contribution < 1.29 is 14.3 Å². The highest BCUT2D eigenvalue weighted by Crippen LogP contribution is 2.25. The summed E-state index contributed by atoms with van der Waals surface area (Å²) in [6.45, 7) is 2.03. The molecule has 7 nitrogen and oxygen atoms in total. The van der Waals surface area contributed by atoms with Gasteiger partial charge in [0.15, 0.2) is 0 Å². The number of aliphatic hydroxyl groups is 1. The number of aryl methyl sites for hydroxylation is 1. The molecule has 0 spiro atoms. The summed E-state index contributed by atoms with van der Waals surface area (Å²) >= 11 is 0. The van der Waals surface area contributed by atoms with E-state index in [1.807, 2.05) is 25.1 Å². The molecule has 3 N–H and O–H groups in total. The highest BCUT2D eigenvalue weighted by molar-refractivity contribution is 5.91. The molecule has 2 unspecified atom stereocenters. The van der Waals surface area contributed by atoms with Crippen LogP contribution in [0.4, 0.5) is 10.5 Å². The molecule has 2 amide bonds. The number of urea groups is 1. The number of carbonyl (C=O) groups is 1. The number of anilines is 1. The first-order chi connectivity index (χ1) is 11.7. The molecule has 0 radical (unpaired) electrons. The van der Waals surface area contributed by atoms with Gasteiger partial charge in [0.2, 0.25) is 12.3 Å². The van der Waals surface area contributed by atoms with Crippen molar-refractivity contribution in [2.45, 2.75) is 38.6 Å². The number of hydrogen-bond donors (Lipinski definition) is 3. The van der Waals surface area contributed by atoms with Crippen molar-refractivity contribution in [3.8, 4) is 11.5 Å². The Balaban J connectivity index is 1.68. The number of rotatable bonds is 4. The van der Waals surface area contributed by atoms with Gasteiger partial charge in [0.05, 0.1) is 0 Å². The Hall–Kier alpha value is -2.41. The van der Waals surface area contributed by atoms with Crippen molar-refractivity contribution in [2.24, 2.45) is 5.92 Å². The van der Waals surface area contributed by atoms with Gasteiger partial charge in [-0.1, -0.05) is 18.9 Å². The predicted molar refractivity (Wildman–Crippen MR) is 89.5 cm³/mol. The Bertz CT molecular complexity index is 687. The monoisotopic (exact) mass is 330 g/mol. The van der Waals surface area contributed by atoms with Crippen LogP contribution in [0.3, 0.4) is 0 Å². The van der Waals surface area contributed by atoms with E-state index in [1.54, 1.807) is 0 Å². The number of amides is 2. The Morgan fingerprint density at radius 3 is 2.96 bits per heavy atom. The standard InChI is InChI=1S/C17H22N4O3/c1-11-6-7-12(16-21-18-10-24-16)8-15(11)20-17(23)19-14-5-3-2-4-13(14)9-22/h6-8,10,13-14,22H,2-5,9H2,1H3,(H2,19,20,23). The van der Waals surface area contributed by atoms with Crippen LogP contribution < -0.4 is 10.6 Å². The molecule has 0 aliphatic heterocycles. The van der Waals surface area contributed by atoms with Crippen molar-refractivity contribution in [3.05, 3.63) is 30.2 Å². The van der Waals surface area contributed by atoms with Crippen LogP contribution >= 0.6 is 0 Å². The van der Waals surface area contributed by atoms with Gasteiger partial charge in [0, 0.05) is 29.8 Å². The zero-order valence-electron chi connectivity index (χ0n) is 13.7. The normalized spacial score (nSPS) is 20.6. The second kappa shape index (κ2) is 7.44. The van der Waals surface area contributed by atoms with Gasteiger partial charge in [-0.15, -0.1) is 10.2 Å². The van der Waals surface area contributed by atoms with Crippen molar-refractivity contribution in [3.63, 3.8) is 0 Å². The summed E-state index contributed by atoms with van der Waals surface area (Å²) in [7, 11) is 0. The van der Waals surface area contributed by atoms with Crippen LogP contribution in [0.5, 0.6) is 0 Å². The van der Waals surface area contributed by atoms with Crippen molar-refractivity contribution in [1.82, 2.24) is 15.5 Å². The Labute approximate surface area is 140 Å². The third-order valence-corrected chi connectivity index (χ3v) is 4.55. The summed E-state index contributed by atoms with van der Waals surface area (Å²) in [6.07, 6.45) is 5.31. The lowest BCUT2D eigenvalue weighted by molar-refractivity contribution is 0.156. The van der Waals surface area contributed by atoms with Crippen molar-refractivity contribution in [2.75, 3.05) is 11.9 Å². The third kappa shape index (κ3) is 3.73. The smallest absolute Gasteiger partial charge is 0.319 e. The molecular formula is C17H22N4O3. The fourth-order valence-electron chi connectivity index (χ4n) is 3.13. The molecule has 2 atom stereocenters. The van der Waals surface area contributed by atoms with E-state index >= 15 is 0 Å². The first kappa shape index (κ1) is 16.4. The molecule has 1 fully saturated rings. The van der Waals surface area contributed by atoms with Gasteiger partial charge in [0.1, 0.15) is 0 Å². The van der Waals surface area contributed by atoms with Crippen molar-refractivity contribution >= 4 is 11.7 Å². The van der Waals surface area contributed by atoms with Crippen LogP contribution in [-0.4, -0.2) is 34.0 Å². The van der Waals surface area contributed by atoms with Gasteiger partial charge >= 0.3 is 6.03 Å². The molecule has 2 aromatic rings. The maximum absolute atomic E-state index is 12.3. The van der Waals surface area contributed by atoms with Gasteiger partial charge in [-0.3, -0.25) is 0 Å². The Morgan fingerprint density at radius 2 is 2.21 bits per heavy atom. The maximum Gasteiger partial charge on any atom is 0.319 e. The van der Waals surface area contributed by atoms with Crippen LogP contribution in [0.15, 0.2) is 29.0 Å². The number of nitrogens with one attached hydrogen (secondary N) is 2. The van der Waals surface area contributed by atoms with Crippen LogP contribution in [0.25, 0.3) is 11.5 Å². The summed E-state index contributed by atoms with van der Waals surface area (Å²) in [6, 6.07) is 5.34. The number of nitrogens with zero attached hydrogens (tertiary/aromatic N) is 2. The fourth-order valence-corrected chi connectivity index (χ4v) is 3.13. The SMILES string of the molecule is Cc1ccc(-c2nnco2)cc1NC(=O)NC1CCCCC1CO. The average molecular weight is 330 g/mol. The minimum absolute atomic E-state index is 0.0168. The molecule has 128 valence electrons. The molecule has 1 aromatic heterocycles. The maximum atomic E-state index is 12.3. The minimum Gasteiger partial charge on any atom is -0.423 e. The summed E-state index contributed by atoms with van der Waals surface area (Å²) in [5.74, 6) is 0.543. The summed E-state index contributed by atoms with van der Waals surface area (Å²) < 4.78 is 5.19. The number of hydrogen-bond acceptors (Lipinski definition) is 5. The average Bonchev–Trinajstić information content (AvgIpc) is 3.12. The first-order valence-corrected chi connectivity index (χ1v) is 8.23. The second-order valence-electron chi connectivity index (χ2n) is 6.21. The van der Waals surface area contributed by atoms with Gasteiger partial charge in [0.25, 0.3) is 0 Å². The summed E-state index contributed by atoms with van der Waals surface area (Å²) in [5, 5.41) is 22.9. The number of aromatic nitrogens is 2. The van der Waals surface area contributed by atoms with E-state index < -0.39 is 0 Å². The second-order valence-corrected chi connectivity index (χ2v) is 6.21. The zero-order valence-corrected chi connectivity index (χ0v) is 13.7. The highest BCUT2D eigenvalue weighted by atomic mass is 16.4. The van der Waals surface area contributed by atoms with E-state index in [2.05, 4.69) is 20.8 Å². The van der Waals surface area contributed by atoms with E-state index in [0.29, 0.717) is 11.6 Å². The number of benzene rings is 1. The van der Waals surface area contributed by atoms with E-state index in [0.717, 1.165) is 36.8 Å². The summed E-state index contributed by atoms with van der Waals surface area (Å²) in [5.41, 5.74) is 2.38. The summed E-state index contributed by atoms with van der Waals surface area (Å²) in [4.78, 5) is 12.3. The molecule has 0 saturated heterocycles. The lowest BCUT2D eigenvalue weighted by atomic mass is 9.85. The van der Waals surface area contributed by atoms with Gasteiger partial charge in [-0.05, 0) is 37.5 Å². The molecule has 1 saturated carbocycles. The van der Waals surface area contributed by atoms with Crippen molar-refractivity contribution in [1.29, 1.82) is 0 Å². The van der Waals surface area contributed by atoms with Gasteiger partial charge in [-0.25, -0.2) is 4.79 Å². The Morgan fingerprint density at radius 1 is 1.38 bits per heavy atom. The van der Waals surface area contributed by atoms with Crippen LogP contribution in [-0.2, 0) is 0 Å².